The van der Waals surface area contributed by atoms with E-state index < -0.39 is 0 Å². The molecule has 0 saturated heterocycles. The van der Waals surface area contributed by atoms with E-state index in [9.17, 15) is 0 Å². The van der Waals surface area contributed by atoms with Crippen LogP contribution in [0, 0.1) is 6.42 Å². The maximum absolute atomic E-state index is 2.12. The second-order valence-corrected chi connectivity index (χ2v) is 2.44. The first-order valence-electron chi connectivity index (χ1n) is 4.15. The fraction of sp³-hybridized carbons (Fsp3) is 0.0833. The minimum Gasteiger partial charge on any atom is -0.0841 e. The number of allylic oxidation sites excluding steroid dienone is 10. The molecule has 0 saturated carbocycles. The topological polar surface area (TPSA) is 0 Å². The van der Waals surface area contributed by atoms with Gasteiger partial charge in [-0.1, -0.05) is 60.8 Å². The maximum Gasteiger partial charge on any atom is 0.00475 e. The SMILES string of the molecule is [CH]1/C=C/C=C\C=C\C=C/C/C=C/1. The van der Waals surface area contributed by atoms with Gasteiger partial charge < -0.3 is 0 Å². The quantitative estimate of drug-likeness (QED) is 0.505. The molecule has 0 aliphatic heterocycles. The molecule has 12 heavy (non-hydrogen) atoms. The minimum atomic E-state index is 0.998. The average molecular weight is 157 g/mol. The molecule has 1 radical (unpaired) electrons. The Hall–Kier alpha value is -1.30. The molecule has 0 aromatic carbocycles. The van der Waals surface area contributed by atoms with Crippen molar-refractivity contribution < 1.29 is 0 Å². The van der Waals surface area contributed by atoms with Gasteiger partial charge in [-0.05, 0) is 6.42 Å². The molecular weight excluding hydrogens is 144 g/mol. The van der Waals surface area contributed by atoms with E-state index in [-0.39, 0.29) is 0 Å². The minimum absolute atomic E-state index is 0.998. The van der Waals surface area contributed by atoms with E-state index in [1.54, 1.807) is 0 Å². The van der Waals surface area contributed by atoms with Crippen molar-refractivity contribution in [2.24, 2.45) is 0 Å². The summed E-state index contributed by atoms with van der Waals surface area (Å²) in [5, 5.41) is 0. The van der Waals surface area contributed by atoms with Gasteiger partial charge in [-0.2, -0.15) is 0 Å². The molecule has 0 fully saturated rings. The monoisotopic (exact) mass is 157 g/mol. The Morgan fingerprint density at radius 1 is 0.500 bits per heavy atom. The molecule has 61 valence electrons. The van der Waals surface area contributed by atoms with Crippen molar-refractivity contribution in [3.63, 3.8) is 0 Å². The second kappa shape index (κ2) is 6.41. The first kappa shape index (κ1) is 8.79. The Labute approximate surface area is 74.3 Å². The molecule has 1 aliphatic carbocycles. The Balaban J connectivity index is 2.55. The molecule has 0 aromatic rings. The molecule has 0 nitrogen and oxygen atoms in total. The highest BCUT2D eigenvalue weighted by molar-refractivity contribution is 5.20. The van der Waals surface area contributed by atoms with Crippen molar-refractivity contribution in [2.45, 2.75) is 6.42 Å². The first-order valence-corrected chi connectivity index (χ1v) is 4.15. The van der Waals surface area contributed by atoms with E-state index in [0.29, 0.717) is 0 Å². The lowest BCUT2D eigenvalue weighted by molar-refractivity contribution is 1.38. The van der Waals surface area contributed by atoms with Crippen LogP contribution < -0.4 is 0 Å². The maximum atomic E-state index is 2.12. The van der Waals surface area contributed by atoms with E-state index in [4.69, 9.17) is 0 Å². The second-order valence-electron chi connectivity index (χ2n) is 2.44. The Morgan fingerprint density at radius 2 is 1.08 bits per heavy atom. The summed E-state index contributed by atoms with van der Waals surface area (Å²) in [6.45, 7) is 0. The highest BCUT2D eigenvalue weighted by Gasteiger charge is 1.72. The highest BCUT2D eigenvalue weighted by Crippen LogP contribution is 1.92. The number of rotatable bonds is 0. The lowest BCUT2D eigenvalue weighted by Gasteiger charge is -1.83. The zero-order chi connectivity index (χ0) is 8.49. The lowest BCUT2D eigenvalue weighted by Crippen LogP contribution is -1.63. The summed E-state index contributed by atoms with van der Waals surface area (Å²) < 4.78 is 0. The smallest absolute Gasteiger partial charge is 0.00475 e. The standard InChI is InChI=1S/C12H13/c1-2-4-6-8-10-12-11-9-7-5-3-1/h1-11H,12H2/b2-1-,5-3+,6-4+,10-8-,11-9+. The molecule has 0 amide bonds. The van der Waals surface area contributed by atoms with E-state index in [2.05, 4.69) is 24.3 Å². The van der Waals surface area contributed by atoms with Gasteiger partial charge in [0.1, 0.15) is 0 Å². The van der Waals surface area contributed by atoms with Gasteiger partial charge in [0.15, 0.2) is 0 Å². The fourth-order valence-electron chi connectivity index (χ4n) is 0.842. The van der Waals surface area contributed by atoms with Gasteiger partial charge in [-0.3, -0.25) is 0 Å². The average Bonchev–Trinajstić information content (AvgIpc) is 2.05. The van der Waals surface area contributed by atoms with E-state index in [0.717, 1.165) is 6.42 Å². The van der Waals surface area contributed by atoms with Crippen LogP contribution in [-0.2, 0) is 0 Å². The van der Waals surface area contributed by atoms with Crippen LogP contribution in [-0.4, -0.2) is 0 Å². The summed E-state index contributed by atoms with van der Waals surface area (Å²) in [5.74, 6) is 0. The predicted octanol–water partition coefficient (Wildman–Crippen LogP) is 3.38. The summed E-state index contributed by atoms with van der Waals surface area (Å²) in [6, 6.07) is 0. The van der Waals surface area contributed by atoms with E-state index in [1.807, 2.05) is 42.9 Å². The van der Waals surface area contributed by atoms with Gasteiger partial charge in [-0.25, -0.2) is 0 Å². The number of hydrogen-bond donors (Lipinski definition) is 0. The zero-order valence-corrected chi connectivity index (χ0v) is 7.06. The van der Waals surface area contributed by atoms with Crippen molar-refractivity contribution in [1.82, 2.24) is 0 Å². The van der Waals surface area contributed by atoms with Crippen LogP contribution in [0.25, 0.3) is 0 Å². The van der Waals surface area contributed by atoms with Crippen molar-refractivity contribution in [2.75, 3.05) is 0 Å². The molecule has 0 spiro atoms. The van der Waals surface area contributed by atoms with Crippen LogP contribution >= 0.6 is 0 Å². The molecule has 0 N–H and O–H groups in total. The van der Waals surface area contributed by atoms with Crippen molar-refractivity contribution >= 4 is 0 Å². The summed E-state index contributed by atoms with van der Waals surface area (Å²) in [6.07, 6.45) is 23.5. The molecule has 0 unspecified atom stereocenters. The van der Waals surface area contributed by atoms with Gasteiger partial charge >= 0.3 is 0 Å². The summed E-state index contributed by atoms with van der Waals surface area (Å²) >= 11 is 0. The fourth-order valence-corrected chi connectivity index (χ4v) is 0.842. The molecule has 0 aromatic heterocycles. The van der Waals surface area contributed by atoms with Crippen LogP contribution in [0.1, 0.15) is 6.42 Å². The van der Waals surface area contributed by atoms with Crippen molar-refractivity contribution in [3.8, 4) is 0 Å². The highest BCUT2D eigenvalue weighted by atomic mass is 13.8. The van der Waals surface area contributed by atoms with Gasteiger partial charge in [0.05, 0.1) is 0 Å². The summed E-state index contributed by atoms with van der Waals surface area (Å²) in [5.41, 5.74) is 0. The molecule has 1 aliphatic rings. The summed E-state index contributed by atoms with van der Waals surface area (Å²) in [4.78, 5) is 0. The third-order valence-electron chi connectivity index (χ3n) is 1.43. The number of hydrogen-bond acceptors (Lipinski definition) is 0. The van der Waals surface area contributed by atoms with Crippen molar-refractivity contribution in [3.05, 3.63) is 67.2 Å². The normalized spacial score (nSPS) is 30.7. The van der Waals surface area contributed by atoms with Gasteiger partial charge in [-0.15, -0.1) is 0 Å². The first-order chi connectivity index (χ1) is 6.00. The molecular formula is C12H13. The summed E-state index contributed by atoms with van der Waals surface area (Å²) in [7, 11) is 0. The predicted molar refractivity (Wildman–Crippen MR) is 54.6 cm³/mol. The molecule has 0 bridgehead atoms. The Kier molecular flexibility index (Phi) is 4.70. The molecule has 0 heteroatoms. The molecule has 0 atom stereocenters. The van der Waals surface area contributed by atoms with Crippen LogP contribution in [0.4, 0.5) is 0 Å². The van der Waals surface area contributed by atoms with Crippen molar-refractivity contribution in [1.29, 1.82) is 0 Å². The molecule has 1 rings (SSSR count). The van der Waals surface area contributed by atoms with Gasteiger partial charge in [0.25, 0.3) is 0 Å². The Morgan fingerprint density at radius 3 is 1.92 bits per heavy atom. The van der Waals surface area contributed by atoms with Crippen LogP contribution in [0.3, 0.4) is 0 Å². The lowest BCUT2D eigenvalue weighted by atomic mass is 10.2. The largest absolute Gasteiger partial charge is 0.0841 e. The zero-order valence-electron chi connectivity index (χ0n) is 7.06. The molecule has 0 heterocycles. The van der Waals surface area contributed by atoms with E-state index >= 15 is 0 Å². The third-order valence-corrected chi connectivity index (χ3v) is 1.43. The van der Waals surface area contributed by atoms with Crippen LogP contribution in [0.5, 0.6) is 0 Å². The van der Waals surface area contributed by atoms with E-state index in [1.165, 1.54) is 0 Å². The van der Waals surface area contributed by atoms with Gasteiger partial charge in [0, 0.05) is 6.42 Å². The van der Waals surface area contributed by atoms with Crippen LogP contribution in [0.2, 0.25) is 0 Å². The van der Waals surface area contributed by atoms with Crippen LogP contribution in [0.15, 0.2) is 60.8 Å². The third kappa shape index (κ3) is 4.51. The Bertz CT molecular complexity index is 211. The van der Waals surface area contributed by atoms with Gasteiger partial charge in [0.2, 0.25) is 0 Å².